The first kappa shape index (κ1) is 12.5. The summed E-state index contributed by atoms with van der Waals surface area (Å²) in [5.41, 5.74) is 1.02. The molecule has 3 aliphatic rings. The van der Waals surface area contributed by atoms with Gasteiger partial charge in [-0.25, -0.2) is 0 Å². The van der Waals surface area contributed by atoms with E-state index in [1.54, 1.807) is 12.5 Å². The maximum Gasteiger partial charge on any atom is 0.309 e. The summed E-state index contributed by atoms with van der Waals surface area (Å²) in [5.74, 6) is 2.36. The molecular weight excluding hydrogens is 252 g/mol. The van der Waals surface area contributed by atoms with Gasteiger partial charge in [-0.2, -0.15) is 0 Å². The number of rotatable bonds is 1. The zero-order valence-electron chi connectivity index (χ0n) is 11.8. The number of hydrogen-bond donors (Lipinski definition) is 0. The minimum absolute atomic E-state index is 0.0384. The van der Waals surface area contributed by atoms with Crippen molar-refractivity contribution in [3.63, 3.8) is 0 Å². The van der Waals surface area contributed by atoms with Crippen molar-refractivity contribution < 1.29 is 13.9 Å². The van der Waals surface area contributed by atoms with Crippen LogP contribution in [0.3, 0.4) is 0 Å². The van der Waals surface area contributed by atoms with Gasteiger partial charge in [0.1, 0.15) is 6.10 Å². The van der Waals surface area contributed by atoms with Crippen LogP contribution in [0.5, 0.6) is 0 Å². The van der Waals surface area contributed by atoms with Crippen molar-refractivity contribution >= 4 is 5.97 Å². The monoisotopic (exact) mass is 274 g/mol. The highest BCUT2D eigenvalue weighted by atomic mass is 16.5. The molecule has 0 amide bonds. The van der Waals surface area contributed by atoms with Gasteiger partial charge in [-0.1, -0.05) is 19.3 Å². The fourth-order valence-electron chi connectivity index (χ4n) is 4.88. The second-order valence-electron chi connectivity index (χ2n) is 6.77. The molecule has 3 heteroatoms. The van der Waals surface area contributed by atoms with Crippen molar-refractivity contribution in [2.75, 3.05) is 0 Å². The minimum Gasteiger partial charge on any atom is -0.472 e. The number of carbonyl (C=O) groups excluding carboxylic acids is 1. The highest BCUT2D eigenvalue weighted by molar-refractivity contribution is 5.74. The zero-order chi connectivity index (χ0) is 13.5. The maximum atomic E-state index is 12.4. The smallest absolute Gasteiger partial charge is 0.309 e. The second kappa shape index (κ2) is 4.94. The molecule has 4 rings (SSSR count). The number of furan rings is 1. The first-order chi connectivity index (χ1) is 9.83. The molecule has 2 heterocycles. The van der Waals surface area contributed by atoms with Crippen molar-refractivity contribution in [1.29, 1.82) is 0 Å². The van der Waals surface area contributed by atoms with Gasteiger partial charge in [-0.3, -0.25) is 4.79 Å². The van der Waals surface area contributed by atoms with Crippen LogP contribution in [0.25, 0.3) is 0 Å². The van der Waals surface area contributed by atoms with Gasteiger partial charge in [0, 0.05) is 5.56 Å². The lowest BCUT2D eigenvalue weighted by molar-refractivity contribution is -0.173. The molecule has 1 saturated heterocycles. The largest absolute Gasteiger partial charge is 0.472 e. The minimum atomic E-state index is -0.0804. The third-order valence-electron chi connectivity index (χ3n) is 5.85. The van der Waals surface area contributed by atoms with Gasteiger partial charge < -0.3 is 9.15 Å². The Balaban J connectivity index is 1.59. The number of hydrogen-bond acceptors (Lipinski definition) is 3. The quantitative estimate of drug-likeness (QED) is 0.724. The fourth-order valence-corrected chi connectivity index (χ4v) is 4.88. The Kier molecular flexibility index (Phi) is 3.08. The zero-order valence-corrected chi connectivity index (χ0v) is 11.8. The van der Waals surface area contributed by atoms with Crippen LogP contribution in [0.2, 0.25) is 0 Å². The Hall–Kier alpha value is -1.25. The van der Waals surface area contributed by atoms with Gasteiger partial charge in [-0.15, -0.1) is 0 Å². The van der Waals surface area contributed by atoms with Gasteiger partial charge in [0.25, 0.3) is 0 Å². The molecule has 20 heavy (non-hydrogen) atoms. The predicted octanol–water partition coefficient (Wildman–Crippen LogP) is 4.10. The van der Waals surface area contributed by atoms with E-state index in [-0.39, 0.29) is 18.0 Å². The Morgan fingerprint density at radius 3 is 2.80 bits per heavy atom. The molecule has 1 aromatic rings. The number of esters is 1. The predicted molar refractivity (Wildman–Crippen MR) is 73.8 cm³/mol. The summed E-state index contributed by atoms with van der Waals surface area (Å²) in [7, 11) is 0. The van der Waals surface area contributed by atoms with E-state index in [1.807, 2.05) is 6.07 Å². The van der Waals surface area contributed by atoms with Crippen LogP contribution in [0.4, 0.5) is 0 Å². The second-order valence-corrected chi connectivity index (χ2v) is 6.77. The van der Waals surface area contributed by atoms with Gasteiger partial charge in [0.15, 0.2) is 0 Å². The number of ether oxygens (including phenoxy) is 1. The summed E-state index contributed by atoms with van der Waals surface area (Å²) in [6.07, 6.45) is 12.0. The van der Waals surface area contributed by atoms with E-state index in [0.717, 1.165) is 30.2 Å². The van der Waals surface area contributed by atoms with Crippen LogP contribution < -0.4 is 0 Å². The summed E-state index contributed by atoms with van der Waals surface area (Å²) < 4.78 is 10.8. The van der Waals surface area contributed by atoms with Crippen LogP contribution in [0.1, 0.15) is 56.6 Å². The maximum absolute atomic E-state index is 12.4. The fraction of sp³-hybridized carbons (Fsp3) is 0.706. The van der Waals surface area contributed by atoms with E-state index < -0.39 is 0 Å². The first-order valence-electron chi connectivity index (χ1n) is 8.05. The first-order valence-corrected chi connectivity index (χ1v) is 8.05. The van der Waals surface area contributed by atoms with Crippen LogP contribution in [0.15, 0.2) is 23.0 Å². The van der Waals surface area contributed by atoms with Gasteiger partial charge >= 0.3 is 5.97 Å². The average molecular weight is 274 g/mol. The van der Waals surface area contributed by atoms with E-state index in [2.05, 4.69) is 0 Å². The van der Waals surface area contributed by atoms with E-state index in [0.29, 0.717) is 5.92 Å². The Bertz CT molecular complexity index is 478. The van der Waals surface area contributed by atoms with E-state index in [4.69, 9.17) is 9.15 Å². The van der Waals surface area contributed by atoms with Crippen LogP contribution in [-0.2, 0) is 9.53 Å². The lowest BCUT2D eigenvalue weighted by Crippen LogP contribution is -2.44. The van der Waals surface area contributed by atoms with Crippen LogP contribution in [-0.4, -0.2) is 5.97 Å². The summed E-state index contributed by atoms with van der Waals surface area (Å²) >= 11 is 0. The van der Waals surface area contributed by atoms with Crippen molar-refractivity contribution in [3.8, 4) is 0 Å². The Labute approximate surface area is 119 Å². The molecule has 0 aromatic carbocycles. The molecule has 0 N–H and O–H groups in total. The van der Waals surface area contributed by atoms with Gasteiger partial charge in [0.2, 0.25) is 0 Å². The highest BCUT2D eigenvalue weighted by Gasteiger charge is 2.48. The SMILES string of the molecule is O=C1O[C@H](c2ccoc2)CC2[C@H]3CCCCC3CC[C@@H]12. The molecule has 0 spiro atoms. The molecule has 3 fully saturated rings. The Morgan fingerprint density at radius 2 is 1.95 bits per heavy atom. The van der Waals surface area contributed by atoms with E-state index >= 15 is 0 Å². The van der Waals surface area contributed by atoms with Crippen molar-refractivity contribution in [2.24, 2.45) is 23.7 Å². The van der Waals surface area contributed by atoms with Crippen molar-refractivity contribution in [2.45, 2.75) is 51.0 Å². The molecule has 0 radical (unpaired) electrons. The number of cyclic esters (lactones) is 1. The third-order valence-corrected chi connectivity index (χ3v) is 5.85. The lowest BCUT2D eigenvalue weighted by atomic mass is 9.59. The topological polar surface area (TPSA) is 39.4 Å². The Morgan fingerprint density at radius 1 is 1.05 bits per heavy atom. The third kappa shape index (κ3) is 1.99. The molecule has 0 bridgehead atoms. The van der Waals surface area contributed by atoms with E-state index in [1.165, 1.54) is 32.1 Å². The molecule has 2 aliphatic carbocycles. The average Bonchev–Trinajstić information content (AvgIpc) is 3.01. The molecule has 5 atom stereocenters. The summed E-state index contributed by atoms with van der Waals surface area (Å²) in [5, 5.41) is 0. The summed E-state index contributed by atoms with van der Waals surface area (Å²) in [4.78, 5) is 12.4. The molecule has 2 saturated carbocycles. The van der Waals surface area contributed by atoms with Gasteiger partial charge in [0.05, 0.1) is 18.4 Å². The van der Waals surface area contributed by atoms with E-state index in [9.17, 15) is 4.79 Å². The summed E-state index contributed by atoms with van der Waals surface area (Å²) in [6, 6.07) is 1.93. The molecule has 2 unspecified atom stereocenters. The number of carbonyl (C=O) groups is 1. The standard InChI is InChI=1S/C17H22O3/c18-17-14-6-5-11-3-1-2-4-13(11)15(14)9-16(20-17)12-7-8-19-10-12/h7-8,10-11,13-16H,1-6,9H2/t11?,13-,14+,15?,16-/m0/s1. The van der Waals surface area contributed by atoms with Crippen LogP contribution >= 0.6 is 0 Å². The lowest BCUT2D eigenvalue weighted by Gasteiger charge is -2.48. The highest BCUT2D eigenvalue weighted by Crippen LogP contribution is 2.52. The number of fused-ring (bicyclic) bond motifs is 3. The molecule has 108 valence electrons. The molecule has 1 aliphatic heterocycles. The molecule has 3 nitrogen and oxygen atoms in total. The molecular formula is C17H22O3. The molecule has 1 aromatic heterocycles. The normalized spacial score (nSPS) is 40.6. The van der Waals surface area contributed by atoms with Gasteiger partial charge in [-0.05, 0) is 49.5 Å². The van der Waals surface area contributed by atoms with Crippen molar-refractivity contribution in [1.82, 2.24) is 0 Å². The summed E-state index contributed by atoms with van der Waals surface area (Å²) in [6.45, 7) is 0. The van der Waals surface area contributed by atoms with Crippen molar-refractivity contribution in [3.05, 3.63) is 24.2 Å². The van der Waals surface area contributed by atoms with Crippen LogP contribution in [0, 0.1) is 23.7 Å².